The number of aliphatic imine (C=N–C) groups is 1. The highest BCUT2D eigenvalue weighted by Crippen LogP contribution is 2.17. The SMILES string of the molecule is c1ccc(N=C(c2ccco2)n2nnc3ccccc32)cc1. The molecule has 2 aromatic carbocycles. The summed E-state index contributed by atoms with van der Waals surface area (Å²) in [6.45, 7) is 0. The van der Waals surface area contributed by atoms with Crippen LogP contribution in [0.1, 0.15) is 5.76 Å². The zero-order chi connectivity index (χ0) is 14.8. The molecule has 0 spiro atoms. The Kier molecular flexibility index (Phi) is 3.01. The molecule has 5 heteroatoms. The van der Waals surface area contributed by atoms with Gasteiger partial charge in [0.15, 0.2) is 11.6 Å². The van der Waals surface area contributed by atoms with Gasteiger partial charge in [0.25, 0.3) is 0 Å². The average Bonchev–Trinajstić information content (AvgIpc) is 3.24. The molecule has 0 bridgehead atoms. The molecule has 0 radical (unpaired) electrons. The maximum absolute atomic E-state index is 5.52. The Labute approximate surface area is 126 Å². The molecule has 106 valence electrons. The lowest BCUT2D eigenvalue weighted by Gasteiger charge is -2.04. The van der Waals surface area contributed by atoms with Gasteiger partial charge in [0.05, 0.1) is 17.5 Å². The molecule has 5 nitrogen and oxygen atoms in total. The maximum atomic E-state index is 5.52. The van der Waals surface area contributed by atoms with E-state index in [0.717, 1.165) is 16.7 Å². The molecule has 0 unspecified atom stereocenters. The van der Waals surface area contributed by atoms with Crippen molar-refractivity contribution in [2.45, 2.75) is 0 Å². The molecule has 0 amide bonds. The molecule has 0 saturated heterocycles. The summed E-state index contributed by atoms with van der Waals surface area (Å²) in [4.78, 5) is 4.68. The predicted molar refractivity (Wildman–Crippen MR) is 84.3 cm³/mol. The maximum Gasteiger partial charge on any atom is 0.199 e. The van der Waals surface area contributed by atoms with Gasteiger partial charge in [0, 0.05) is 0 Å². The molecule has 0 atom stereocenters. The topological polar surface area (TPSA) is 56.2 Å². The van der Waals surface area contributed by atoms with Crippen LogP contribution in [0.15, 0.2) is 82.4 Å². The Bertz CT molecular complexity index is 924. The first-order valence-corrected chi connectivity index (χ1v) is 6.90. The molecule has 0 saturated carbocycles. The number of benzene rings is 2. The van der Waals surface area contributed by atoms with Gasteiger partial charge in [0.2, 0.25) is 0 Å². The van der Waals surface area contributed by atoms with Gasteiger partial charge < -0.3 is 4.42 Å². The van der Waals surface area contributed by atoms with Crippen LogP contribution in [0.25, 0.3) is 11.0 Å². The van der Waals surface area contributed by atoms with Gasteiger partial charge in [-0.3, -0.25) is 0 Å². The van der Waals surface area contributed by atoms with E-state index in [2.05, 4.69) is 15.3 Å². The highest BCUT2D eigenvalue weighted by atomic mass is 16.3. The normalized spacial score (nSPS) is 11.9. The lowest BCUT2D eigenvalue weighted by atomic mass is 10.3. The Hall–Kier alpha value is -3.21. The zero-order valence-corrected chi connectivity index (χ0v) is 11.6. The second-order valence-corrected chi connectivity index (χ2v) is 4.74. The number of nitrogens with zero attached hydrogens (tertiary/aromatic N) is 4. The van der Waals surface area contributed by atoms with Crippen molar-refractivity contribution in [3.8, 4) is 0 Å². The summed E-state index contributed by atoms with van der Waals surface area (Å²) < 4.78 is 7.22. The minimum Gasteiger partial charge on any atom is -0.461 e. The second-order valence-electron chi connectivity index (χ2n) is 4.74. The average molecular weight is 288 g/mol. The summed E-state index contributed by atoms with van der Waals surface area (Å²) in [7, 11) is 0. The molecule has 4 rings (SSSR count). The molecular formula is C17H12N4O. The van der Waals surface area contributed by atoms with Gasteiger partial charge in [-0.2, -0.15) is 4.68 Å². The van der Waals surface area contributed by atoms with Crippen molar-refractivity contribution < 1.29 is 4.42 Å². The van der Waals surface area contributed by atoms with Crippen molar-refractivity contribution in [3.05, 3.63) is 78.8 Å². The van der Waals surface area contributed by atoms with Crippen molar-refractivity contribution in [1.82, 2.24) is 15.0 Å². The quantitative estimate of drug-likeness (QED) is 0.418. The van der Waals surface area contributed by atoms with E-state index in [0.29, 0.717) is 11.6 Å². The lowest BCUT2D eigenvalue weighted by Crippen LogP contribution is -2.14. The van der Waals surface area contributed by atoms with Gasteiger partial charge in [-0.1, -0.05) is 35.5 Å². The molecule has 2 heterocycles. The summed E-state index contributed by atoms with van der Waals surface area (Å²) in [6.07, 6.45) is 1.62. The van der Waals surface area contributed by atoms with Crippen LogP contribution in [-0.2, 0) is 0 Å². The van der Waals surface area contributed by atoms with Crippen molar-refractivity contribution in [1.29, 1.82) is 0 Å². The standard InChI is InChI=1S/C17H12N4O/c1-2-7-13(8-3-1)18-17(16-11-6-12-22-16)21-15-10-5-4-9-14(15)19-20-21/h1-12H. The van der Waals surface area contributed by atoms with Crippen LogP contribution >= 0.6 is 0 Å². The van der Waals surface area contributed by atoms with Gasteiger partial charge >= 0.3 is 0 Å². The first kappa shape index (κ1) is 12.5. The smallest absolute Gasteiger partial charge is 0.199 e. The summed E-state index contributed by atoms with van der Waals surface area (Å²) in [5.41, 5.74) is 2.52. The fourth-order valence-corrected chi connectivity index (χ4v) is 2.26. The Morgan fingerprint density at radius 1 is 0.909 bits per heavy atom. The van der Waals surface area contributed by atoms with E-state index in [9.17, 15) is 0 Å². The van der Waals surface area contributed by atoms with Crippen molar-refractivity contribution in [3.63, 3.8) is 0 Å². The highest BCUT2D eigenvalue weighted by Gasteiger charge is 2.14. The summed E-state index contributed by atoms with van der Waals surface area (Å²) in [5, 5.41) is 8.41. The van der Waals surface area contributed by atoms with E-state index in [4.69, 9.17) is 4.42 Å². The number of rotatable bonds is 2. The Balaban J connectivity index is 1.94. The van der Waals surface area contributed by atoms with E-state index in [1.807, 2.05) is 66.7 Å². The number of fused-ring (bicyclic) bond motifs is 1. The minimum atomic E-state index is 0.602. The van der Waals surface area contributed by atoms with E-state index in [1.165, 1.54) is 0 Å². The van der Waals surface area contributed by atoms with Crippen LogP contribution in [-0.4, -0.2) is 20.8 Å². The van der Waals surface area contributed by atoms with E-state index in [-0.39, 0.29) is 0 Å². The van der Waals surface area contributed by atoms with E-state index in [1.54, 1.807) is 10.9 Å². The second kappa shape index (κ2) is 5.29. The highest BCUT2D eigenvalue weighted by molar-refractivity contribution is 6.03. The monoisotopic (exact) mass is 288 g/mol. The Morgan fingerprint density at radius 2 is 1.73 bits per heavy atom. The third kappa shape index (κ3) is 2.18. The fraction of sp³-hybridized carbons (Fsp3) is 0. The number of furan rings is 1. The molecule has 22 heavy (non-hydrogen) atoms. The summed E-state index contributed by atoms with van der Waals surface area (Å²) >= 11 is 0. The summed E-state index contributed by atoms with van der Waals surface area (Å²) in [6, 6.07) is 21.1. The van der Waals surface area contributed by atoms with Gasteiger partial charge in [-0.25, -0.2) is 4.99 Å². The van der Waals surface area contributed by atoms with Crippen LogP contribution in [0.2, 0.25) is 0 Å². The summed E-state index contributed by atoms with van der Waals surface area (Å²) in [5.74, 6) is 1.24. The molecule has 0 aliphatic heterocycles. The van der Waals surface area contributed by atoms with E-state index < -0.39 is 0 Å². The molecular weight excluding hydrogens is 276 g/mol. The van der Waals surface area contributed by atoms with Crippen LogP contribution in [0.4, 0.5) is 5.69 Å². The lowest BCUT2D eigenvalue weighted by molar-refractivity contribution is 0.553. The number of hydrogen-bond donors (Lipinski definition) is 0. The molecule has 0 aliphatic rings. The third-order valence-electron chi connectivity index (χ3n) is 3.29. The van der Waals surface area contributed by atoms with Crippen LogP contribution in [0.5, 0.6) is 0 Å². The first-order valence-electron chi connectivity index (χ1n) is 6.90. The zero-order valence-electron chi connectivity index (χ0n) is 11.6. The van der Waals surface area contributed by atoms with Crippen LogP contribution in [0.3, 0.4) is 0 Å². The predicted octanol–water partition coefficient (Wildman–Crippen LogP) is 3.65. The van der Waals surface area contributed by atoms with Crippen molar-refractivity contribution in [2.75, 3.05) is 0 Å². The van der Waals surface area contributed by atoms with Gasteiger partial charge in [0.1, 0.15) is 5.52 Å². The molecule has 4 aromatic rings. The van der Waals surface area contributed by atoms with Gasteiger partial charge in [-0.15, -0.1) is 5.10 Å². The molecule has 0 aliphatic carbocycles. The fourth-order valence-electron chi connectivity index (χ4n) is 2.26. The van der Waals surface area contributed by atoms with Crippen molar-refractivity contribution in [2.24, 2.45) is 4.99 Å². The number of para-hydroxylation sites is 2. The van der Waals surface area contributed by atoms with Gasteiger partial charge in [-0.05, 0) is 36.4 Å². The van der Waals surface area contributed by atoms with E-state index >= 15 is 0 Å². The molecule has 0 N–H and O–H groups in total. The first-order chi connectivity index (χ1) is 10.9. The third-order valence-corrected chi connectivity index (χ3v) is 3.29. The largest absolute Gasteiger partial charge is 0.461 e. The van der Waals surface area contributed by atoms with Crippen molar-refractivity contribution >= 4 is 22.6 Å². The number of aromatic nitrogens is 3. The van der Waals surface area contributed by atoms with Crippen LogP contribution < -0.4 is 0 Å². The molecule has 2 aromatic heterocycles. The number of hydrogen-bond acceptors (Lipinski definition) is 4. The molecule has 0 fully saturated rings. The Morgan fingerprint density at radius 3 is 2.55 bits per heavy atom. The minimum absolute atomic E-state index is 0.602. The van der Waals surface area contributed by atoms with Crippen LogP contribution in [0, 0.1) is 0 Å².